The minimum absolute atomic E-state index is 0.645. The molecule has 2 aromatic carbocycles. The lowest BCUT2D eigenvalue weighted by atomic mass is 10.2. The Morgan fingerprint density at radius 2 is 1.81 bits per heavy atom. The smallest absolute Gasteiger partial charge is 0.187 e. The third-order valence-corrected chi connectivity index (χ3v) is 3.76. The molecule has 3 aromatic rings. The molecule has 0 unspecified atom stereocenters. The lowest BCUT2D eigenvalue weighted by Crippen LogP contribution is -1.97. The van der Waals surface area contributed by atoms with Crippen molar-refractivity contribution in [3.05, 3.63) is 60.0 Å². The van der Waals surface area contributed by atoms with Gasteiger partial charge in [-0.15, -0.1) is 11.3 Å². The summed E-state index contributed by atoms with van der Waals surface area (Å²) >= 11 is 1.59. The van der Waals surface area contributed by atoms with Gasteiger partial charge in [-0.2, -0.15) is 0 Å². The highest BCUT2D eigenvalue weighted by molar-refractivity contribution is 7.14. The largest absolute Gasteiger partial charge is 0.492 e. The van der Waals surface area contributed by atoms with Crippen molar-refractivity contribution in [2.24, 2.45) is 0 Å². The van der Waals surface area contributed by atoms with Gasteiger partial charge in [-0.05, 0) is 19.1 Å². The fourth-order valence-corrected chi connectivity index (χ4v) is 2.77. The minimum Gasteiger partial charge on any atom is -0.492 e. The summed E-state index contributed by atoms with van der Waals surface area (Å²) in [6, 6.07) is 18.1. The standard InChI is InChI=1S/C17H16N2OS/c1-2-20-16-11-7-6-10-14(16)18-17-19-15(12-21-17)13-8-4-3-5-9-13/h3-12H,2H2,1H3,(H,18,19). The van der Waals surface area contributed by atoms with Crippen molar-refractivity contribution in [3.8, 4) is 17.0 Å². The van der Waals surface area contributed by atoms with Crippen molar-refractivity contribution < 1.29 is 4.74 Å². The molecule has 1 N–H and O–H groups in total. The molecule has 21 heavy (non-hydrogen) atoms. The summed E-state index contributed by atoms with van der Waals surface area (Å²) in [5.41, 5.74) is 3.05. The summed E-state index contributed by atoms with van der Waals surface area (Å²) in [5, 5.41) is 6.25. The van der Waals surface area contributed by atoms with E-state index in [2.05, 4.69) is 27.8 Å². The summed E-state index contributed by atoms with van der Waals surface area (Å²) in [7, 11) is 0. The van der Waals surface area contributed by atoms with Gasteiger partial charge in [0.05, 0.1) is 18.0 Å². The predicted molar refractivity (Wildman–Crippen MR) is 88.4 cm³/mol. The molecule has 0 spiro atoms. The number of para-hydroxylation sites is 2. The first-order chi connectivity index (χ1) is 10.4. The van der Waals surface area contributed by atoms with Gasteiger partial charge in [0.25, 0.3) is 0 Å². The van der Waals surface area contributed by atoms with Gasteiger partial charge >= 0.3 is 0 Å². The monoisotopic (exact) mass is 296 g/mol. The maximum absolute atomic E-state index is 5.61. The van der Waals surface area contributed by atoms with Crippen LogP contribution in [0.25, 0.3) is 11.3 Å². The van der Waals surface area contributed by atoms with Crippen LogP contribution >= 0.6 is 11.3 Å². The molecule has 0 amide bonds. The SMILES string of the molecule is CCOc1ccccc1Nc1nc(-c2ccccc2)cs1. The molecule has 0 aliphatic heterocycles. The topological polar surface area (TPSA) is 34.1 Å². The first-order valence-corrected chi connectivity index (χ1v) is 7.74. The number of nitrogens with one attached hydrogen (secondary N) is 1. The van der Waals surface area contributed by atoms with E-state index in [1.165, 1.54) is 0 Å². The first kappa shape index (κ1) is 13.6. The predicted octanol–water partition coefficient (Wildman–Crippen LogP) is 4.95. The number of benzene rings is 2. The third kappa shape index (κ3) is 3.23. The lowest BCUT2D eigenvalue weighted by molar-refractivity contribution is 0.342. The highest BCUT2D eigenvalue weighted by Gasteiger charge is 2.07. The van der Waals surface area contributed by atoms with E-state index in [-0.39, 0.29) is 0 Å². The highest BCUT2D eigenvalue weighted by atomic mass is 32.1. The molecule has 0 saturated heterocycles. The summed E-state index contributed by atoms with van der Waals surface area (Å²) in [4.78, 5) is 4.63. The van der Waals surface area contributed by atoms with Gasteiger partial charge in [-0.25, -0.2) is 4.98 Å². The highest BCUT2D eigenvalue weighted by Crippen LogP contribution is 2.31. The molecule has 1 aromatic heterocycles. The number of hydrogen-bond acceptors (Lipinski definition) is 4. The van der Waals surface area contributed by atoms with Gasteiger partial charge in [0.2, 0.25) is 0 Å². The van der Waals surface area contributed by atoms with Gasteiger partial charge in [0.1, 0.15) is 5.75 Å². The maximum Gasteiger partial charge on any atom is 0.187 e. The van der Waals surface area contributed by atoms with Crippen LogP contribution in [0.2, 0.25) is 0 Å². The molecule has 4 heteroatoms. The van der Waals surface area contributed by atoms with E-state index in [0.29, 0.717) is 6.61 Å². The van der Waals surface area contributed by atoms with Crippen molar-refractivity contribution in [3.63, 3.8) is 0 Å². The zero-order valence-electron chi connectivity index (χ0n) is 11.7. The van der Waals surface area contributed by atoms with Gasteiger partial charge in [-0.1, -0.05) is 42.5 Å². The van der Waals surface area contributed by atoms with Crippen LogP contribution in [0, 0.1) is 0 Å². The van der Waals surface area contributed by atoms with Crippen LogP contribution in [0.5, 0.6) is 5.75 Å². The number of thiazole rings is 1. The third-order valence-electron chi connectivity index (χ3n) is 3.00. The average Bonchev–Trinajstić information content (AvgIpc) is 2.99. The van der Waals surface area contributed by atoms with Crippen LogP contribution in [0.4, 0.5) is 10.8 Å². The minimum atomic E-state index is 0.645. The molecule has 0 atom stereocenters. The molecular formula is C17H16N2OS. The Labute approximate surface area is 128 Å². The Morgan fingerprint density at radius 3 is 2.62 bits per heavy atom. The van der Waals surface area contributed by atoms with Crippen LogP contribution < -0.4 is 10.1 Å². The second-order valence-electron chi connectivity index (χ2n) is 4.46. The molecule has 0 radical (unpaired) electrons. The van der Waals surface area contributed by atoms with Crippen LogP contribution in [-0.4, -0.2) is 11.6 Å². The number of rotatable bonds is 5. The Bertz CT molecular complexity index is 710. The second kappa shape index (κ2) is 6.41. The van der Waals surface area contributed by atoms with Crippen molar-refractivity contribution >= 4 is 22.2 Å². The molecule has 1 heterocycles. The molecule has 3 rings (SSSR count). The van der Waals surface area contributed by atoms with Crippen LogP contribution in [-0.2, 0) is 0 Å². The second-order valence-corrected chi connectivity index (χ2v) is 5.32. The number of aromatic nitrogens is 1. The summed E-state index contributed by atoms with van der Waals surface area (Å²) in [5.74, 6) is 0.844. The summed E-state index contributed by atoms with van der Waals surface area (Å²) < 4.78 is 5.61. The summed E-state index contributed by atoms with van der Waals surface area (Å²) in [6.07, 6.45) is 0. The van der Waals surface area contributed by atoms with Crippen molar-refractivity contribution in [1.29, 1.82) is 0 Å². The number of ether oxygens (including phenoxy) is 1. The van der Waals surface area contributed by atoms with E-state index in [4.69, 9.17) is 4.74 Å². The maximum atomic E-state index is 5.61. The molecule has 0 fully saturated rings. The quantitative estimate of drug-likeness (QED) is 0.723. The van der Waals surface area contributed by atoms with Crippen LogP contribution in [0.1, 0.15) is 6.92 Å². The van der Waals surface area contributed by atoms with E-state index >= 15 is 0 Å². The molecule has 3 nitrogen and oxygen atoms in total. The fraction of sp³-hybridized carbons (Fsp3) is 0.118. The lowest BCUT2D eigenvalue weighted by Gasteiger charge is -2.09. The zero-order chi connectivity index (χ0) is 14.5. The van der Waals surface area contributed by atoms with Gasteiger partial charge in [0.15, 0.2) is 5.13 Å². The van der Waals surface area contributed by atoms with Gasteiger partial charge in [0, 0.05) is 10.9 Å². The number of nitrogens with zero attached hydrogens (tertiary/aromatic N) is 1. The first-order valence-electron chi connectivity index (χ1n) is 6.86. The Balaban J connectivity index is 1.82. The van der Waals surface area contributed by atoms with Crippen molar-refractivity contribution in [2.45, 2.75) is 6.92 Å². The van der Waals surface area contributed by atoms with Gasteiger partial charge < -0.3 is 10.1 Å². The van der Waals surface area contributed by atoms with Crippen LogP contribution in [0.15, 0.2) is 60.0 Å². The van der Waals surface area contributed by atoms with E-state index in [0.717, 1.165) is 27.8 Å². The molecule has 0 bridgehead atoms. The molecule has 0 saturated carbocycles. The molecule has 0 aliphatic rings. The van der Waals surface area contributed by atoms with E-state index in [1.54, 1.807) is 11.3 Å². The Morgan fingerprint density at radius 1 is 1.05 bits per heavy atom. The number of hydrogen-bond donors (Lipinski definition) is 1. The van der Waals surface area contributed by atoms with Crippen molar-refractivity contribution in [2.75, 3.05) is 11.9 Å². The fourth-order valence-electron chi connectivity index (χ4n) is 2.04. The number of anilines is 2. The molecular weight excluding hydrogens is 280 g/mol. The normalized spacial score (nSPS) is 10.3. The van der Waals surface area contributed by atoms with E-state index in [9.17, 15) is 0 Å². The Kier molecular flexibility index (Phi) is 4.17. The Hall–Kier alpha value is -2.33. The van der Waals surface area contributed by atoms with E-state index in [1.807, 2.05) is 49.4 Å². The summed E-state index contributed by atoms with van der Waals surface area (Å²) in [6.45, 7) is 2.62. The average molecular weight is 296 g/mol. The van der Waals surface area contributed by atoms with Crippen molar-refractivity contribution in [1.82, 2.24) is 4.98 Å². The zero-order valence-corrected chi connectivity index (χ0v) is 12.6. The van der Waals surface area contributed by atoms with Gasteiger partial charge in [-0.3, -0.25) is 0 Å². The van der Waals surface area contributed by atoms with Crippen LogP contribution in [0.3, 0.4) is 0 Å². The molecule has 0 aliphatic carbocycles. The van der Waals surface area contributed by atoms with E-state index < -0.39 is 0 Å². The molecule has 106 valence electrons.